The van der Waals surface area contributed by atoms with E-state index in [-0.39, 0.29) is 13.2 Å². The molecule has 0 rings (SSSR count). The van der Waals surface area contributed by atoms with Gasteiger partial charge in [-0.05, 0) is 13.3 Å². The highest BCUT2D eigenvalue weighted by molar-refractivity contribution is 4.75. The van der Waals surface area contributed by atoms with Crippen molar-refractivity contribution >= 4 is 0 Å². The standard InChI is InChI=1S/C6H12.C4H10O3/c1-3-5-6-4-2;5-1-3-7-4-2-6/h3,5H,4,6H2,1-2H3;5-6H,1-4H2. The molecule has 0 saturated carbocycles. The molecule has 0 aliphatic carbocycles. The summed E-state index contributed by atoms with van der Waals surface area (Å²) < 4.78 is 4.63. The van der Waals surface area contributed by atoms with Crippen molar-refractivity contribution in [2.24, 2.45) is 0 Å². The van der Waals surface area contributed by atoms with Crippen LogP contribution in [0, 0.1) is 0 Å². The second-order valence-electron chi connectivity index (χ2n) is 2.42. The molecule has 0 aromatic rings. The largest absolute Gasteiger partial charge is 0.394 e. The Morgan fingerprint density at radius 1 is 1.15 bits per heavy atom. The van der Waals surface area contributed by atoms with E-state index < -0.39 is 0 Å². The molecule has 0 aromatic carbocycles. The number of unbranched alkanes of at least 4 members (excludes halogenated alkanes) is 1. The molecule has 0 aliphatic heterocycles. The van der Waals surface area contributed by atoms with E-state index >= 15 is 0 Å². The van der Waals surface area contributed by atoms with E-state index in [2.05, 4.69) is 30.7 Å². The Morgan fingerprint density at radius 3 is 1.92 bits per heavy atom. The van der Waals surface area contributed by atoms with Gasteiger partial charge in [0.25, 0.3) is 0 Å². The van der Waals surface area contributed by atoms with E-state index in [1.807, 2.05) is 0 Å². The van der Waals surface area contributed by atoms with Gasteiger partial charge in [-0.25, -0.2) is 0 Å². The van der Waals surface area contributed by atoms with Gasteiger partial charge in [0.2, 0.25) is 0 Å². The zero-order chi connectivity index (χ0) is 10.4. The van der Waals surface area contributed by atoms with Crippen LogP contribution in [0.4, 0.5) is 0 Å². The Kier molecular flexibility index (Phi) is 20.5. The topological polar surface area (TPSA) is 49.7 Å². The minimum absolute atomic E-state index is 0.0278. The highest BCUT2D eigenvalue weighted by Crippen LogP contribution is 1.85. The van der Waals surface area contributed by atoms with Gasteiger partial charge in [-0.3, -0.25) is 0 Å². The number of hydrogen-bond donors (Lipinski definition) is 2. The number of aliphatic hydroxyl groups is 2. The normalized spacial score (nSPS) is 9.85. The third-order valence-corrected chi connectivity index (χ3v) is 1.16. The van der Waals surface area contributed by atoms with Crippen LogP contribution >= 0.6 is 0 Å². The number of hydrogen-bond acceptors (Lipinski definition) is 3. The van der Waals surface area contributed by atoms with E-state index in [1.165, 1.54) is 12.8 Å². The average Bonchev–Trinajstić information content (AvgIpc) is 2.17. The van der Waals surface area contributed by atoms with Crippen LogP contribution in [0.25, 0.3) is 0 Å². The van der Waals surface area contributed by atoms with Gasteiger partial charge in [-0.1, -0.05) is 25.5 Å². The van der Waals surface area contributed by atoms with Crippen LogP contribution in [0.1, 0.15) is 26.7 Å². The number of allylic oxidation sites excluding steroid dienone is 2. The Labute approximate surface area is 81.0 Å². The fourth-order valence-electron chi connectivity index (χ4n) is 0.564. The first-order valence-corrected chi connectivity index (χ1v) is 4.74. The van der Waals surface area contributed by atoms with Crippen molar-refractivity contribution in [3.05, 3.63) is 12.2 Å². The van der Waals surface area contributed by atoms with E-state index in [4.69, 9.17) is 10.2 Å². The summed E-state index contributed by atoms with van der Waals surface area (Å²) >= 11 is 0. The predicted octanol–water partition coefficient (Wildman–Crippen LogP) is 1.35. The molecule has 0 atom stereocenters. The molecule has 0 spiro atoms. The van der Waals surface area contributed by atoms with Gasteiger partial charge < -0.3 is 14.9 Å². The average molecular weight is 190 g/mol. The summed E-state index contributed by atoms with van der Waals surface area (Å²) in [7, 11) is 0. The molecule has 2 N–H and O–H groups in total. The number of rotatable bonds is 6. The van der Waals surface area contributed by atoms with E-state index in [1.54, 1.807) is 0 Å². The Bertz CT molecular complexity index is 88.2. The van der Waals surface area contributed by atoms with Crippen LogP contribution in [-0.2, 0) is 4.74 Å². The second kappa shape index (κ2) is 17.6. The first-order valence-electron chi connectivity index (χ1n) is 4.74. The summed E-state index contributed by atoms with van der Waals surface area (Å²) in [6, 6.07) is 0. The van der Waals surface area contributed by atoms with Crippen molar-refractivity contribution in [3.63, 3.8) is 0 Å². The molecular weight excluding hydrogens is 168 g/mol. The molecule has 0 saturated heterocycles. The summed E-state index contributed by atoms with van der Waals surface area (Å²) in [6.45, 7) is 4.93. The van der Waals surface area contributed by atoms with Crippen molar-refractivity contribution in [3.8, 4) is 0 Å². The fourth-order valence-corrected chi connectivity index (χ4v) is 0.564. The first-order chi connectivity index (χ1) is 6.33. The third kappa shape index (κ3) is 24.5. The van der Waals surface area contributed by atoms with E-state index in [0.29, 0.717) is 13.2 Å². The smallest absolute Gasteiger partial charge is 0.0698 e. The van der Waals surface area contributed by atoms with Gasteiger partial charge >= 0.3 is 0 Å². The highest BCUT2D eigenvalue weighted by Gasteiger charge is 1.79. The molecule has 0 aromatic heterocycles. The molecule has 0 radical (unpaired) electrons. The van der Waals surface area contributed by atoms with E-state index in [0.717, 1.165) is 0 Å². The Balaban J connectivity index is 0. The molecule has 0 unspecified atom stereocenters. The monoisotopic (exact) mass is 190 g/mol. The van der Waals surface area contributed by atoms with Crippen molar-refractivity contribution < 1.29 is 14.9 Å². The van der Waals surface area contributed by atoms with Crippen LogP contribution in [0.2, 0.25) is 0 Å². The summed E-state index contributed by atoms with van der Waals surface area (Å²) in [5.41, 5.74) is 0. The third-order valence-electron chi connectivity index (χ3n) is 1.16. The van der Waals surface area contributed by atoms with Crippen LogP contribution in [0.15, 0.2) is 12.2 Å². The molecule has 0 bridgehead atoms. The van der Waals surface area contributed by atoms with Gasteiger partial charge in [0.05, 0.1) is 26.4 Å². The van der Waals surface area contributed by atoms with E-state index in [9.17, 15) is 0 Å². The molecule has 0 fully saturated rings. The van der Waals surface area contributed by atoms with Crippen LogP contribution in [-0.4, -0.2) is 36.6 Å². The SMILES string of the molecule is CC=CCCC.OCCOCCO. The lowest BCUT2D eigenvalue weighted by Gasteiger charge is -1.94. The lowest BCUT2D eigenvalue weighted by molar-refractivity contribution is 0.0650. The quantitative estimate of drug-likeness (QED) is 0.491. The van der Waals surface area contributed by atoms with Crippen molar-refractivity contribution in [1.82, 2.24) is 0 Å². The fraction of sp³-hybridized carbons (Fsp3) is 0.800. The van der Waals surface area contributed by atoms with Gasteiger partial charge in [0, 0.05) is 0 Å². The molecule has 0 aliphatic rings. The molecule has 3 nitrogen and oxygen atoms in total. The number of ether oxygens (including phenoxy) is 1. The summed E-state index contributed by atoms with van der Waals surface area (Å²) in [6.07, 6.45) is 6.77. The van der Waals surface area contributed by atoms with Gasteiger partial charge in [-0.15, -0.1) is 0 Å². The van der Waals surface area contributed by atoms with Crippen LogP contribution < -0.4 is 0 Å². The van der Waals surface area contributed by atoms with Crippen molar-refractivity contribution in [2.45, 2.75) is 26.7 Å². The second-order valence-corrected chi connectivity index (χ2v) is 2.42. The minimum Gasteiger partial charge on any atom is -0.394 e. The lowest BCUT2D eigenvalue weighted by atomic mass is 10.3. The van der Waals surface area contributed by atoms with Crippen molar-refractivity contribution in [2.75, 3.05) is 26.4 Å². The lowest BCUT2D eigenvalue weighted by Crippen LogP contribution is -2.03. The summed E-state index contributed by atoms with van der Waals surface area (Å²) in [4.78, 5) is 0. The molecule has 3 heteroatoms. The van der Waals surface area contributed by atoms with Gasteiger partial charge in [0.1, 0.15) is 0 Å². The summed E-state index contributed by atoms with van der Waals surface area (Å²) in [5, 5.41) is 16.2. The molecule has 13 heavy (non-hydrogen) atoms. The molecular formula is C10H22O3. The minimum atomic E-state index is 0.0278. The summed E-state index contributed by atoms with van der Waals surface area (Å²) in [5.74, 6) is 0. The number of aliphatic hydroxyl groups excluding tert-OH is 2. The predicted molar refractivity (Wildman–Crippen MR) is 54.7 cm³/mol. The zero-order valence-electron chi connectivity index (χ0n) is 8.70. The van der Waals surface area contributed by atoms with Crippen LogP contribution in [0.3, 0.4) is 0 Å². The Hall–Kier alpha value is -0.380. The maximum absolute atomic E-state index is 8.09. The maximum Gasteiger partial charge on any atom is 0.0698 e. The van der Waals surface area contributed by atoms with Gasteiger partial charge in [0.15, 0.2) is 0 Å². The maximum atomic E-state index is 8.09. The zero-order valence-corrected chi connectivity index (χ0v) is 8.70. The first kappa shape index (κ1) is 15.1. The molecule has 0 amide bonds. The Morgan fingerprint density at radius 2 is 1.69 bits per heavy atom. The highest BCUT2D eigenvalue weighted by atomic mass is 16.5. The van der Waals surface area contributed by atoms with Gasteiger partial charge in [-0.2, -0.15) is 0 Å². The van der Waals surface area contributed by atoms with Crippen LogP contribution in [0.5, 0.6) is 0 Å². The van der Waals surface area contributed by atoms with Crippen molar-refractivity contribution in [1.29, 1.82) is 0 Å². The molecule has 0 heterocycles. The molecule has 80 valence electrons.